The standard InChI is InChI=1S/C21H24N2O3/c1-26-19-17(8-5-11-22-19)20(25)23-16-9-10-18(23)21(13-16,14-24)12-15-6-3-2-4-7-15/h2-8,11,16,18,24H,9-10,12-14H2,1H3/t16-,18+,21-/m0/s1. The third-order valence-electron chi connectivity index (χ3n) is 5.99. The number of pyridine rings is 1. The Balaban J connectivity index is 1.64. The molecule has 26 heavy (non-hydrogen) atoms. The molecule has 3 atom stereocenters. The number of hydrogen-bond acceptors (Lipinski definition) is 4. The second-order valence-electron chi connectivity index (χ2n) is 7.41. The molecule has 1 aromatic carbocycles. The number of aliphatic hydroxyl groups excluding tert-OH is 1. The second-order valence-corrected chi connectivity index (χ2v) is 7.41. The number of ether oxygens (including phenoxy) is 1. The van der Waals surface area contributed by atoms with E-state index in [0.29, 0.717) is 11.4 Å². The number of fused-ring (bicyclic) bond motifs is 2. The molecule has 1 amide bonds. The highest BCUT2D eigenvalue weighted by molar-refractivity contribution is 5.97. The van der Waals surface area contributed by atoms with Gasteiger partial charge in [-0.05, 0) is 43.4 Å². The first-order valence-corrected chi connectivity index (χ1v) is 9.15. The van der Waals surface area contributed by atoms with Gasteiger partial charge in [0.1, 0.15) is 5.56 Å². The first kappa shape index (κ1) is 17.0. The molecule has 4 rings (SSSR count). The van der Waals surface area contributed by atoms with E-state index in [1.54, 1.807) is 18.3 Å². The smallest absolute Gasteiger partial charge is 0.259 e. The average molecular weight is 352 g/mol. The van der Waals surface area contributed by atoms with Crippen LogP contribution in [0.4, 0.5) is 0 Å². The number of nitrogens with zero attached hydrogens (tertiary/aromatic N) is 2. The van der Waals surface area contributed by atoms with Crippen LogP contribution in [0, 0.1) is 5.41 Å². The number of rotatable bonds is 5. The highest BCUT2D eigenvalue weighted by Gasteiger charge is 2.57. The Morgan fingerprint density at radius 1 is 1.27 bits per heavy atom. The Hall–Kier alpha value is -2.40. The van der Waals surface area contributed by atoms with E-state index < -0.39 is 0 Å². The van der Waals surface area contributed by atoms with Gasteiger partial charge in [-0.3, -0.25) is 4.79 Å². The van der Waals surface area contributed by atoms with Crippen LogP contribution in [0.3, 0.4) is 0 Å². The van der Waals surface area contributed by atoms with Crippen LogP contribution in [0.15, 0.2) is 48.7 Å². The minimum absolute atomic E-state index is 0.0363. The predicted molar refractivity (Wildman–Crippen MR) is 98.1 cm³/mol. The van der Waals surface area contributed by atoms with Gasteiger partial charge in [0.25, 0.3) is 5.91 Å². The molecule has 2 bridgehead atoms. The van der Waals surface area contributed by atoms with Crippen LogP contribution in [0.2, 0.25) is 0 Å². The lowest BCUT2D eigenvalue weighted by Crippen LogP contribution is -2.44. The zero-order chi connectivity index (χ0) is 18.1. The lowest BCUT2D eigenvalue weighted by Gasteiger charge is -2.36. The van der Waals surface area contributed by atoms with Crippen molar-refractivity contribution in [3.8, 4) is 5.88 Å². The van der Waals surface area contributed by atoms with Crippen molar-refractivity contribution >= 4 is 5.91 Å². The Morgan fingerprint density at radius 2 is 2.08 bits per heavy atom. The van der Waals surface area contributed by atoms with Crippen LogP contribution in [0.5, 0.6) is 5.88 Å². The predicted octanol–water partition coefficient (Wildman–Crippen LogP) is 2.69. The number of benzene rings is 1. The maximum Gasteiger partial charge on any atom is 0.259 e. The summed E-state index contributed by atoms with van der Waals surface area (Å²) in [6.07, 6.45) is 5.19. The summed E-state index contributed by atoms with van der Waals surface area (Å²) in [5.41, 5.74) is 1.44. The number of carbonyl (C=O) groups is 1. The SMILES string of the molecule is COc1ncccc1C(=O)N1[C@H]2CC[C@@H]1[C@@](CO)(Cc1ccccc1)C2. The maximum absolute atomic E-state index is 13.3. The molecule has 0 spiro atoms. The van der Waals surface area contributed by atoms with Crippen LogP contribution in [0.25, 0.3) is 0 Å². The molecule has 2 aromatic rings. The molecule has 0 radical (unpaired) electrons. The molecule has 3 heterocycles. The Bertz CT molecular complexity index is 795. The third-order valence-corrected chi connectivity index (χ3v) is 5.99. The summed E-state index contributed by atoms with van der Waals surface area (Å²) < 4.78 is 5.28. The first-order chi connectivity index (χ1) is 12.7. The van der Waals surface area contributed by atoms with E-state index in [0.717, 1.165) is 25.7 Å². The average Bonchev–Trinajstić information content (AvgIpc) is 3.24. The first-order valence-electron chi connectivity index (χ1n) is 9.15. The van der Waals surface area contributed by atoms with Crippen LogP contribution in [-0.4, -0.2) is 46.7 Å². The van der Waals surface area contributed by atoms with E-state index in [9.17, 15) is 9.90 Å². The molecule has 1 aromatic heterocycles. The topological polar surface area (TPSA) is 62.7 Å². The van der Waals surface area contributed by atoms with Gasteiger partial charge in [-0.1, -0.05) is 30.3 Å². The van der Waals surface area contributed by atoms with Crippen molar-refractivity contribution in [3.63, 3.8) is 0 Å². The molecular weight excluding hydrogens is 328 g/mol. The molecule has 5 heteroatoms. The fourth-order valence-corrected chi connectivity index (χ4v) is 4.87. The van der Waals surface area contributed by atoms with Gasteiger partial charge in [-0.25, -0.2) is 4.98 Å². The molecule has 5 nitrogen and oxygen atoms in total. The Morgan fingerprint density at radius 3 is 2.81 bits per heavy atom. The monoisotopic (exact) mass is 352 g/mol. The number of aliphatic hydroxyl groups is 1. The van der Waals surface area contributed by atoms with Crippen molar-refractivity contribution in [2.24, 2.45) is 5.41 Å². The van der Waals surface area contributed by atoms with Gasteiger partial charge >= 0.3 is 0 Å². The van der Waals surface area contributed by atoms with Crippen molar-refractivity contribution in [1.82, 2.24) is 9.88 Å². The van der Waals surface area contributed by atoms with E-state index in [1.165, 1.54) is 12.7 Å². The minimum atomic E-state index is -0.268. The fraction of sp³-hybridized carbons (Fsp3) is 0.429. The third kappa shape index (κ3) is 2.67. The second kappa shape index (κ2) is 6.72. The number of carbonyl (C=O) groups excluding carboxylic acids is 1. The van der Waals surface area contributed by atoms with Crippen molar-refractivity contribution in [2.75, 3.05) is 13.7 Å². The van der Waals surface area contributed by atoms with Gasteiger partial charge in [0.15, 0.2) is 0 Å². The van der Waals surface area contributed by atoms with E-state index in [4.69, 9.17) is 4.74 Å². The van der Waals surface area contributed by atoms with Crippen LogP contribution >= 0.6 is 0 Å². The van der Waals surface area contributed by atoms with E-state index >= 15 is 0 Å². The lowest BCUT2D eigenvalue weighted by atomic mass is 9.70. The molecule has 136 valence electrons. The number of aromatic nitrogens is 1. The van der Waals surface area contributed by atoms with Gasteiger partial charge in [0, 0.05) is 23.7 Å². The molecule has 1 N–H and O–H groups in total. The van der Waals surface area contributed by atoms with Gasteiger partial charge in [0.05, 0.1) is 13.7 Å². The van der Waals surface area contributed by atoms with Gasteiger partial charge in [-0.2, -0.15) is 0 Å². The number of methoxy groups -OCH3 is 1. The zero-order valence-corrected chi connectivity index (χ0v) is 15.0. The summed E-state index contributed by atoms with van der Waals surface area (Å²) in [6, 6.07) is 14.0. The van der Waals surface area contributed by atoms with Gasteiger partial charge in [-0.15, -0.1) is 0 Å². The number of amides is 1. The Kier molecular flexibility index (Phi) is 4.41. The highest BCUT2D eigenvalue weighted by atomic mass is 16.5. The van der Waals surface area contributed by atoms with Crippen LogP contribution < -0.4 is 4.74 Å². The van der Waals surface area contributed by atoms with E-state index in [1.807, 2.05) is 23.1 Å². The molecular formula is C21H24N2O3. The van der Waals surface area contributed by atoms with Crippen LogP contribution in [-0.2, 0) is 6.42 Å². The van der Waals surface area contributed by atoms with Crippen molar-refractivity contribution in [3.05, 3.63) is 59.8 Å². The van der Waals surface area contributed by atoms with Crippen LogP contribution in [0.1, 0.15) is 35.2 Å². The van der Waals surface area contributed by atoms with Gasteiger partial charge < -0.3 is 14.7 Å². The van der Waals surface area contributed by atoms with Crippen molar-refractivity contribution in [1.29, 1.82) is 0 Å². The molecule has 2 aliphatic heterocycles. The minimum Gasteiger partial charge on any atom is -0.480 e. The Labute approximate surface area is 153 Å². The molecule has 2 fully saturated rings. The maximum atomic E-state index is 13.3. The largest absolute Gasteiger partial charge is 0.480 e. The van der Waals surface area contributed by atoms with E-state index in [2.05, 4.69) is 17.1 Å². The number of hydrogen-bond donors (Lipinski definition) is 1. The quantitative estimate of drug-likeness (QED) is 0.899. The summed E-state index contributed by atoms with van der Waals surface area (Å²) >= 11 is 0. The molecule has 2 saturated heterocycles. The normalized spacial score (nSPS) is 26.9. The summed E-state index contributed by atoms with van der Waals surface area (Å²) in [6.45, 7) is 0.0943. The summed E-state index contributed by atoms with van der Waals surface area (Å²) in [5, 5.41) is 10.3. The molecule has 0 saturated carbocycles. The van der Waals surface area contributed by atoms with Crippen molar-refractivity contribution in [2.45, 2.75) is 37.8 Å². The zero-order valence-electron chi connectivity index (χ0n) is 15.0. The summed E-state index contributed by atoms with van der Waals surface area (Å²) in [4.78, 5) is 19.4. The molecule has 2 aliphatic rings. The van der Waals surface area contributed by atoms with Crippen molar-refractivity contribution < 1.29 is 14.6 Å². The lowest BCUT2D eigenvalue weighted by molar-refractivity contribution is 0.0568. The summed E-state index contributed by atoms with van der Waals surface area (Å²) in [5.74, 6) is 0.326. The summed E-state index contributed by atoms with van der Waals surface area (Å²) in [7, 11) is 1.53. The van der Waals surface area contributed by atoms with Gasteiger partial charge in [0.2, 0.25) is 5.88 Å². The molecule has 0 unspecified atom stereocenters. The fourth-order valence-electron chi connectivity index (χ4n) is 4.87. The highest BCUT2D eigenvalue weighted by Crippen LogP contribution is 2.52. The van der Waals surface area contributed by atoms with E-state index in [-0.39, 0.29) is 30.0 Å². The molecule has 0 aliphatic carbocycles.